The van der Waals surface area contributed by atoms with Crippen molar-refractivity contribution >= 4 is 47.1 Å². The summed E-state index contributed by atoms with van der Waals surface area (Å²) < 4.78 is 17.6. The third kappa shape index (κ3) is 7.06. The number of anilines is 1. The molecule has 11 nitrogen and oxygen atoms in total. The zero-order valence-electron chi connectivity index (χ0n) is 18.4. The van der Waals surface area contributed by atoms with Crippen molar-refractivity contribution in [2.24, 2.45) is 5.92 Å². The van der Waals surface area contributed by atoms with Crippen LogP contribution in [-0.2, 0) is 15.8 Å². The van der Waals surface area contributed by atoms with Crippen LogP contribution in [0.4, 0.5) is 5.82 Å². The maximum absolute atomic E-state index is 11.2. The van der Waals surface area contributed by atoms with Crippen molar-refractivity contribution in [3.63, 3.8) is 0 Å². The minimum atomic E-state index is -4.74. The van der Waals surface area contributed by atoms with Crippen molar-refractivity contribution in [1.29, 1.82) is 5.41 Å². The molecule has 3 aromatic heterocycles. The molecule has 3 aromatic rings. The van der Waals surface area contributed by atoms with Gasteiger partial charge in [0.2, 0.25) is 0 Å². The van der Waals surface area contributed by atoms with E-state index in [4.69, 9.17) is 15.2 Å². The fourth-order valence-electron chi connectivity index (χ4n) is 3.12. The number of aliphatic hydroxyl groups excluding tert-OH is 1. The van der Waals surface area contributed by atoms with Gasteiger partial charge in [0.05, 0.1) is 23.6 Å². The largest absolute Gasteiger partial charge is 0.471 e. The van der Waals surface area contributed by atoms with E-state index in [2.05, 4.69) is 38.6 Å². The highest BCUT2D eigenvalue weighted by Crippen LogP contribution is 2.38. The van der Waals surface area contributed by atoms with Crippen molar-refractivity contribution in [1.82, 2.24) is 19.5 Å². The predicted octanol–water partition coefficient (Wildman–Crippen LogP) is 3.11. The van der Waals surface area contributed by atoms with Crippen LogP contribution in [0.1, 0.15) is 38.1 Å². The second kappa shape index (κ2) is 11.0. The standard InChI is InChI=1S/C19H27N6O5PS2/c1-11(2)8-13(9-26)22-16-15-17(25(18(20)33-15)10-30-31(27,28)29)24-19(23-16)32-12(3)14-6-4-5-7-21-14/h4-7,11-13,20,26H,8-10H2,1-3H3,(H,22,23,24)(H2,27,28,29). The van der Waals surface area contributed by atoms with Gasteiger partial charge in [-0.1, -0.05) is 43.0 Å². The Morgan fingerprint density at radius 3 is 2.67 bits per heavy atom. The summed E-state index contributed by atoms with van der Waals surface area (Å²) in [6.45, 7) is 5.44. The number of nitrogens with one attached hydrogen (secondary N) is 2. The number of nitrogens with zero attached hydrogens (tertiary/aromatic N) is 4. The van der Waals surface area contributed by atoms with Crippen LogP contribution in [0.15, 0.2) is 29.6 Å². The highest BCUT2D eigenvalue weighted by molar-refractivity contribution is 7.99. The fraction of sp³-hybridized carbons (Fsp3) is 0.474. The molecule has 0 aliphatic rings. The zero-order valence-corrected chi connectivity index (χ0v) is 20.9. The Morgan fingerprint density at radius 1 is 1.30 bits per heavy atom. The van der Waals surface area contributed by atoms with Crippen LogP contribution in [0.5, 0.6) is 0 Å². The Bertz CT molecular complexity index is 1180. The second-order valence-corrected chi connectivity index (χ2v) is 11.3. The van der Waals surface area contributed by atoms with Gasteiger partial charge in [-0.3, -0.25) is 19.5 Å². The summed E-state index contributed by atoms with van der Waals surface area (Å²) in [5, 5.41) is 21.7. The number of rotatable bonds is 11. The molecule has 0 aromatic carbocycles. The Balaban J connectivity index is 2.04. The normalized spacial score (nSPS) is 14.0. The molecule has 0 aliphatic carbocycles. The van der Waals surface area contributed by atoms with E-state index in [1.807, 2.05) is 25.1 Å². The summed E-state index contributed by atoms with van der Waals surface area (Å²) in [5.74, 6) is 0.783. The molecule has 0 aliphatic heterocycles. The van der Waals surface area contributed by atoms with Crippen molar-refractivity contribution < 1.29 is 24.0 Å². The molecule has 33 heavy (non-hydrogen) atoms. The molecule has 0 radical (unpaired) electrons. The molecule has 3 heterocycles. The highest BCUT2D eigenvalue weighted by Gasteiger charge is 2.22. The molecule has 2 unspecified atom stereocenters. The van der Waals surface area contributed by atoms with E-state index in [-0.39, 0.29) is 22.7 Å². The minimum absolute atomic E-state index is 0.000123. The summed E-state index contributed by atoms with van der Waals surface area (Å²) in [4.78, 5) is 31.8. The molecule has 0 bridgehead atoms. The van der Waals surface area contributed by atoms with Crippen LogP contribution in [0, 0.1) is 11.3 Å². The van der Waals surface area contributed by atoms with Crippen molar-refractivity contribution in [2.45, 2.75) is 50.4 Å². The molecule has 0 saturated heterocycles. The van der Waals surface area contributed by atoms with Gasteiger partial charge in [0, 0.05) is 6.20 Å². The van der Waals surface area contributed by atoms with E-state index in [1.54, 1.807) is 6.20 Å². The lowest BCUT2D eigenvalue weighted by Crippen LogP contribution is -2.26. The lowest BCUT2D eigenvalue weighted by Gasteiger charge is -2.20. The van der Waals surface area contributed by atoms with Gasteiger partial charge in [0.25, 0.3) is 0 Å². The number of hydrogen-bond acceptors (Lipinski definition) is 10. The number of phosphoric acid groups is 1. The Hall–Kier alpha value is -1.86. The number of hydrogen-bond donors (Lipinski definition) is 5. The van der Waals surface area contributed by atoms with Gasteiger partial charge in [0.15, 0.2) is 21.4 Å². The summed E-state index contributed by atoms with van der Waals surface area (Å²) in [6, 6.07) is 5.37. The quantitative estimate of drug-likeness (QED) is 0.146. The molecule has 0 spiro atoms. The molecule has 180 valence electrons. The van der Waals surface area contributed by atoms with Crippen LogP contribution in [0.2, 0.25) is 0 Å². The van der Waals surface area contributed by atoms with Gasteiger partial charge >= 0.3 is 7.82 Å². The van der Waals surface area contributed by atoms with Crippen molar-refractivity contribution in [2.75, 3.05) is 11.9 Å². The minimum Gasteiger partial charge on any atom is -0.394 e. The average Bonchev–Trinajstić information content (AvgIpc) is 3.06. The first-order valence-electron chi connectivity index (χ1n) is 10.2. The first-order valence-corrected chi connectivity index (χ1v) is 13.4. The number of pyridine rings is 1. The zero-order chi connectivity index (χ0) is 24.2. The SMILES string of the molecule is CC(C)CC(CO)Nc1nc(SC(C)c2ccccn2)nc2c1sc(=N)n2COP(=O)(O)O. The van der Waals surface area contributed by atoms with Crippen LogP contribution < -0.4 is 10.1 Å². The molecule has 3 rings (SSSR count). The number of fused-ring (bicyclic) bond motifs is 1. The summed E-state index contributed by atoms with van der Waals surface area (Å²) in [6.07, 6.45) is 2.41. The van der Waals surface area contributed by atoms with Gasteiger partial charge in [0.1, 0.15) is 11.4 Å². The van der Waals surface area contributed by atoms with Crippen molar-refractivity contribution in [3.05, 3.63) is 34.9 Å². The van der Waals surface area contributed by atoms with Gasteiger partial charge in [-0.2, -0.15) is 0 Å². The Morgan fingerprint density at radius 2 is 2.06 bits per heavy atom. The molecule has 0 fully saturated rings. The smallest absolute Gasteiger partial charge is 0.394 e. The van der Waals surface area contributed by atoms with Crippen LogP contribution in [0.25, 0.3) is 10.3 Å². The van der Waals surface area contributed by atoms with Gasteiger partial charge in [-0.25, -0.2) is 14.5 Å². The second-order valence-electron chi connectivity index (χ2n) is 7.76. The first kappa shape index (κ1) is 25.8. The lowest BCUT2D eigenvalue weighted by atomic mass is 10.0. The van der Waals surface area contributed by atoms with E-state index in [9.17, 15) is 9.67 Å². The van der Waals surface area contributed by atoms with Crippen LogP contribution >= 0.6 is 30.9 Å². The monoisotopic (exact) mass is 514 g/mol. The topological polar surface area (TPSA) is 166 Å². The van der Waals surface area contributed by atoms with Crippen LogP contribution in [-0.4, -0.2) is 47.1 Å². The lowest BCUT2D eigenvalue weighted by molar-refractivity contribution is 0.154. The number of aliphatic hydroxyl groups is 1. The number of phosphoric ester groups is 1. The van der Waals surface area contributed by atoms with E-state index in [0.717, 1.165) is 17.0 Å². The number of thioether (sulfide) groups is 1. The Labute approximate surface area is 199 Å². The molecule has 14 heteroatoms. The first-order chi connectivity index (χ1) is 15.6. The highest BCUT2D eigenvalue weighted by atomic mass is 32.2. The molecule has 5 N–H and O–H groups in total. The third-order valence-corrected chi connectivity index (χ3v) is 7.02. The summed E-state index contributed by atoms with van der Waals surface area (Å²) in [7, 11) is -4.74. The fourth-order valence-corrected chi connectivity index (χ4v) is 5.14. The molecular formula is C19H27N6O5PS2. The molecular weight excluding hydrogens is 487 g/mol. The van der Waals surface area contributed by atoms with E-state index in [1.165, 1.54) is 16.3 Å². The van der Waals surface area contributed by atoms with Gasteiger partial charge in [-0.15, -0.1) is 0 Å². The van der Waals surface area contributed by atoms with E-state index >= 15 is 0 Å². The molecule has 0 amide bonds. The molecule has 2 atom stereocenters. The Kier molecular flexibility index (Phi) is 8.62. The predicted molar refractivity (Wildman–Crippen MR) is 127 cm³/mol. The number of aromatic nitrogens is 4. The number of thiazole rings is 1. The summed E-state index contributed by atoms with van der Waals surface area (Å²) >= 11 is 2.42. The van der Waals surface area contributed by atoms with E-state index in [0.29, 0.717) is 33.7 Å². The molecule has 0 saturated carbocycles. The van der Waals surface area contributed by atoms with Gasteiger partial charge in [-0.05, 0) is 31.4 Å². The maximum atomic E-state index is 11.2. The third-order valence-electron chi connectivity index (χ3n) is 4.59. The van der Waals surface area contributed by atoms with Gasteiger partial charge < -0.3 is 20.2 Å². The van der Waals surface area contributed by atoms with Crippen molar-refractivity contribution in [3.8, 4) is 0 Å². The average molecular weight is 515 g/mol. The van der Waals surface area contributed by atoms with Crippen LogP contribution in [0.3, 0.4) is 0 Å². The van der Waals surface area contributed by atoms with E-state index < -0.39 is 14.6 Å². The summed E-state index contributed by atoms with van der Waals surface area (Å²) in [5.41, 5.74) is 1.16. The maximum Gasteiger partial charge on any atom is 0.471 e.